The van der Waals surface area contributed by atoms with Crippen molar-refractivity contribution in [1.29, 1.82) is 0 Å². The molecule has 59 heavy (non-hydrogen) atoms. The van der Waals surface area contributed by atoms with Crippen molar-refractivity contribution in [2.75, 3.05) is 0 Å². The zero-order chi connectivity index (χ0) is 41.3. The van der Waals surface area contributed by atoms with E-state index in [1.165, 1.54) is 31.8 Å². The molecular weight excluding hydrogens is 1250 g/mol. The molecule has 0 aliphatic rings. The SMILES string of the molecule is Oc1c(Br)cc(Br)cc1Br.Oc1c(Br)cc(Br)cc1Br.[Ru].c1ccc(P(c2ccccc2)c2ccccc2)cc1.c1ccc(P(c2ccccc2)c2ccccc2)cc1. The molecule has 0 fully saturated rings. The fourth-order valence-electron chi connectivity index (χ4n) is 5.43. The van der Waals surface area contributed by atoms with E-state index in [1.807, 2.05) is 0 Å². The van der Waals surface area contributed by atoms with Crippen LogP contribution in [0.3, 0.4) is 0 Å². The van der Waals surface area contributed by atoms with Crippen LogP contribution in [0.5, 0.6) is 11.5 Å². The first-order valence-electron chi connectivity index (χ1n) is 17.7. The number of rotatable bonds is 6. The second-order valence-electron chi connectivity index (χ2n) is 12.1. The molecule has 0 aromatic heterocycles. The predicted octanol–water partition coefficient (Wildman–Crippen LogP) is 14.2. The Balaban J connectivity index is 0.000000181. The van der Waals surface area contributed by atoms with Crippen LogP contribution in [0.25, 0.3) is 0 Å². The zero-order valence-corrected chi connectivity index (χ0v) is 44.1. The Labute approximate surface area is 413 Å². The molecule has 8 aromatic carbocycles. The molecule has 0 saturated carbocycles. The van der Waals surface area contributed by atoms with E-state index in [1.54, 1.807) is 24.3 Å². The van der Waals surface area contributed by atoms with Crippen LogP contribution >= 0.6 is 111 Å². The minimum atomic E-state index is -0.446. The summed E-state index contributed by atoms with van der Waals surface area (Å²) in [5.41, 5.74) is 0. The molecule has 0 saturated heterocycles. The van der Waals surface area contributed by atoms with Crippen LogP contribution in [0, 0.1) is 0 Å². The van der Waals surface area contributed by atoms with Crippen molar-refractivity contribution in [3.63, 3.8) is 0 Å². The first-order valence-corrected chi connectivity index (χ1v) is 25.1. The summed E-state index contributed by atoms with van der Waals surface area (Å²) in [6.07, 6.45) is 0. The van der Waals surface area contributed by atoms with Gasteiger partial charge in [0.25, 0.3) is 0 Å². The van der Waals surface area contributed by atoms with Crippen LogP contribution in [0.2, 0.25) is 0 Å². The second kappa shape index (κ2) is 26.3. The van der Waals surface area contributed by atoms with E-state index in [-0.39, 0.29) is 31.0 Å². The third kappa shape index (κ3) is 15.5. The summed E-state index contributed by atoms with van der Waals surface area (Å²) in [4.78, 5) is 0. The van der Waals surface area contributed by atoms with Gasteiger partial charge in [-0.25, -0.2) is 0 Å². The summed E-state index contributed by atoms with van der Waals surface area (Å²) in [7, 11) is -0.892. The van der Waals surface area contributed by atoms with Crippen molar-refractivity contribution < 1.29 is 29.7 Å². The fraction of sp³-hybridized carbons (Fsp3) is 0. The molecule has 8 rings (SSSR count). The van der Waals surface area contributed by atoms with Gasteiger partial charge in [-0.3, -0.25) is 0 Å². The summed E-state index contributed by atoms with van der Waals surface area (Å²) >= 11 is 19.3. The molecule has 2 N–H and O–H groups in total. The van der Waals surface area contributed by atoms with E-state index in [2.05, 4.69) is 278 Å². The minimum absolute atomic E-state index is 0. The maximum Gasteiger partial charge on any atom is 0.144 e. The predicted molar refractivity (Wildman–Crippen MR) is 273 cm³/mol. The maximum atomic E-state index is 9.22. The van der Waals surface area contributed by atoms with Crippen LogP contribution in [0.1, 0.15) is 0 Å². The number of benzene rings is 8. The number of hydrogen-bond donors (Lipinski definition) is 2. The van der Waals surface area contributed by atoms with Crippen LogP contribution < -0.4 is 31.8 Å². The molecule has 2 nitrogen and oxygen atoms in total. The van der Waals surface area contributed by atoms with Gasteiger partial charge in [0, 0.05) is 28.4 Å². The molecule has 8 aromatic rings. The molecule has 0 aliphatic heterocycles. The van der Waals surface area contributed by atoms with E-state index in [9.17, 15) is 10.2 Å². The Bertz CT molecular complexity index is 2030. The molecule has 0 spiro atoms. The maximum absolute atomic E-state index is 9.22. The van der Waals surface area contributed by atoms with Gasteiger partial charge in [0.2, 0.25) is 0 Å². The van der Waals surface area contributed by atoms with Gasteiger partial charge in [-0.1, -0.05) is 214 Å². The van der Waals surface area contributed by atoms with Gasteiger partial charge in [-0.2, -0.15) is 0 Å². The Morgan fingerprint density at radius 1 is 0.271 bits per heavy atom. The van der Waals surface area contributed by atoms with E-state index in [4.69, 9.17) is 0 Å². The normalized spacial score (nSPS) is 10.2. The number of aromatic hydroxyl groups is 2. The van der Waals surface area contributed by atoms with E-state index >= 15 is 0 Å². The van der Waals surface area contributed by atoms with Gasteiger partial charge < -0.3 is 10.2 Å². The smallest absolute Gasteiger partial charge is 0.144 e. The molecule has 0 heterocycles. The van der Waals surface area contributed by atoms with Crippen LogP contribution in [0.4, 0.5) is 0 Å². The Morgan fingerprint density at radius 3 is 0.576 bits per heavy atom. The first kappa shape index (κ1) is 49.4. The summed E-state index contributed by atoms with van der Waals surface area (Å²) in [5.74, 6) is 0.450. The Morgan fingerprint density at radius 2 is 0.424 bits per heavy atom. The molecular formula is C48H36Br6O2P2Ru. The van der Waals surface area contributed by atoms with Crippen molar-refractivity contribution in [2.24, 2.45) is 0 Å². The van der Waals surface area contributed by atoms with Crippen LogP contribution in [-0.4, -0.2) is 10.2 Å². The molecule has 0 bridgehead atoms. The van der Waals surface area contributed by atoms with E-state index in [0.29, 0.717) is 17.9 Å². The number of phenols is 2. The third-order valence-electron chi connectivity index (χ3n) is 8.05. The van der Waals surface area contributed by atoms with Gasteiger partial charge >= 0.3 is 0 Å². The average Bonchev–Trinajstić information content (AvgIpc) is 3.25. The Hall–Kier alpha value is -2.28. The zero-order valence-electron chi connectivity index (χ0n) is 31.0. The van der Waals surface area contributed by atoms with Gasteiger partial charge in [-0.15, -0.1) is 0 Å². The molecule has 0 atom stereocenters. The number of halogens is 6. The van der Waals surface area contributed by atoms with Gasteiger partial charge in [0.15, 0.2) is 0 Å². The van der Waals surface area contributed by atoms with Gasteiger partial charge in [0.1, 0.15) is 11.5 Å². The minimum Gasteiger partial charge on any atom is -0.506 e. The molecule has 0 radical (unpaired) electrons. The Kier molecular flexibility index (Phi) is 22.0. The van der Waals surface area contributed by atoms with Gasteiger partial charge in [-0.05, 0) is 136 Å². The summed E-state index contributed by atoms with van der Waals surface area (Å²) in [5, 5.41) is 26.8. The monoisotopic (exact) mass is 1280 g/mol. The third-order valence-corrected chi connectivity index (χ3v) is 16.3. The standard InChI is InChI=1S/2C18H15P.2C6H3Br3O.Ru/c2*1-4-10-16(11-5-1)19(17-12-6-2-7-13-17)18-14-8-3-9-15-18;2*7-3-1-4(8)6(10)5(9)2-3;/h2*1-15H;2*1-2,10H;. The summed E-state index contributed by atoms with van der Waals surface area (Å²) in [6.45, 7) is 0. The number of hydrogen-bond acceptors (Lipinski definition) is 2. The van der Waals surface area contributed by atoms with E-state index < -0.39 is 15.8 Å². The van der Waals surface area contributed by atoms with Crippen molar-refractivity contribution >= 4 is 143 Å². The van der Waals surface area contributed by atoms with E-state index in [0.717, 1.165) is 8.95 Å². The topological polar surface area (TPSA) is 40.5 Å². The van der Waals surface area contributed by atoms with Gasteiger partial charge in [0.05, 0.1) is 17.9 Å². The average molecular weight is 1290 g/mol. The second-order valence-corrected chi connectivity index (χ2v) is 21.8. The quantitative estimate of drug-likeness (QED) is 0.129. The van der Waals surface area contributed by atoms with Crippen LogP contribution in [-0.2, 0) is 19.5 Å². The van der Waals surface area contributed by atoms with Crippen molar-refractivity contribution in [3.8, 4) is 11.5 Å². The fourth-order valence-corrected chi connectivity index (χ4v) is 14.6. The molecule has 11 heteroatoms. The van der Waals surface area contributed by atoms with Crippen LogP contribution in [0.15, 0.2) is 233 Å². The molecule has 0 amide bonds. The van der Waals surface area contributed by atoms with Crippen molar-refractivity contribution in [1.82, 2.24) is 0 Å². The first-order chi connectivity index (χ1) is 28.1. The molecule has 0 aliphatic carbocycles. The number of phenolic OH excluding ortho intramolecular Hbond substituents is 2. The summed E-state index contributed by atoms with van der Waals surface area (Å²) < 4.78 is 4.54. The van der Waals surface area contributed by atoms with Crippen molar-refractivity contribution in [2.45, 2.75) is 0 Å². The molecule has 0 unspecified atom stereocenters. The van der Waals surface area contributed by atoms with Crippen molar-refractivity contribution in [3.05, 3.63) is 233 Å². The molecule has 300 valence electrons. The largest absolute Gasteiger partial charge is 0.506 e. The summed E-state index contributed by atoms with van der Waals surface area (Å²) in [6, 6.07) is 71.8.